The van der Waals surface area contributed by atoms with Crippen LogP contribution in [0.2, 0.25) is 0 Å². The average molecular weight is 249 g/mol. The van der Waals surface area contributed by atoms with Gasteiger partial charge in [0.05, 0.1) is 25.8 Å². The van der Waals surface area contributed by atoms with Crippen molar-refractivity contribution in [1.82, 2.24) is 19.9 Å². The van der Waals surface area contributed by atoms with Crippen molar-refractivity contribution in [2.45, 2.75) is 31.5 Å². The molecule has 2 rings (SSSR count). The van der Waals surface area contributed by atoms with E-state index in [4.69, 9.17) is 4.84 Å². The first-order valence-corrected chi connectivity index (χ1v) is 6.13. The Bertz CT molecular complexity index is 424. The lowest BCUT2D eigenvalue weighted by Gasteiger charge is -2.35. The third kappa shape index (κ3) is 2.88. The van der Waals surface area contributed by atoms with Crippen molar-refractivity contribution in [1.29, 1.82) is 5.26 Å². The molecule has 1 aliphatic heterocycles. The summed E-state index contributed by atoms with van der Waals surface area (Å²) in [5.74, 6) is 0.980. The van der Waals surface area contributed by atoms with Gasteiger partial charge in [-0.15, -0.1) is 0 Å². The summed E-state index contributed by atoms with van der Waals surface area (Å²) >= 11 is 0. The van der Waals surface area contributed by atoms with Crippen LogP contribution >= 0.6 is 0 Å². The van der Waals surface area contributed by atoms with E-state index >= 15 is 0 Å². The van der Waals surface area contributed by atoms with Gasteiger partial charge in [0, 0.05) is 32.0 Å². The third-order valence-corrected chi connectivity index (χ3v) is 3.38. The first-order valence-electron chi connectivity index (χ1n) is 6.13. The molecule has 0 unspecified atom stereocenters. The number of piperidine rings is 1. The molecule has 6 nitrogen and oxygen atoms in total. The fraction of sp³-hybridized carbons (Fsp3) is 0.667. The second-order valence-corrected chi connectivity index (χ2v) is 4.62. The van der Waals surface area contributed by atoms with Crippen molar-refractivity contribution < 1.29 is 4.84 Å². The predicted octanol–water partition coefficient (Wildman–Crippen LogP) is 0.428. The van der Waals surface area contributed by atoms with E-state index in [-0.39, 0.29) is 12.1 Å². The standard InChI is InChI=1S/C12H19N5O/c1-16-6-5-14-12(16)9-17-8-10(15-18-2)3-4-11(17)7-13/h5-6,10-11,15H,3-4,8-9H2,1-2H3/t10-,11+/m1/s1. The minimum absolute atomic E-state index is 0.0309. The van der Waals surface area contributed by atoms with Crippen LogP contribution in [0.25, 0.3) is 0 Å². The molecule has 0 saturated carbocycles. The summed E-state index contributed by atoms with van der Waals surface area (Å²) in [6.07, 6.45) is 5.53. The molecule has 6 heteroatoms. The van der Waals surface area contributed by atoms with Crippen molar-refractivity contribution in [2.75, 3.05) is 13.7 Å². The number of aromatic nitrogens is 2. The van der Waals surface area contributed by atoms with Gasteiger partial charge in [0.1, 0.15) is 5.82 Å². The molecular formula is C12H19N5O. The number of hydrogen-bond acceptors (Lipinski definition) is 5. The lowest BCUT2D eigenvalue weighted by Crippen LogP contribution is -2.49. The van der Waals surface area contributed by atoms with Crippen LogP contribution in [-0.2, 0) is 18.4 Å². The van der Waals surface area contributed by atoms with Gasteiger partial charge in [-0.05, 0) is 12.8 Å². The lowest BCUT2D eigenvalue weighted by atomic mass is 9.99. The number of nitriles is 1. The SMILES string of the molecule is CON[C@@H]1CC[C@@H](C#N)N(Cc2nccn2C)C1. The molecule has 1 fully saturated rings. The molecule has 1 aliphatic rings. The number of nitrogens with one attached hydrogen (secondary N) is 1. The van der Waals surface area contributed by atoms with Crippen LogP contribution in [0.3, 0.4) is 0 Å². The Morgan fingerprint density at radius 3 is 3.06 bits per heavy atom. The van der Waals surface area contributed by atoms with Gasteiger partial charge in [-0.25, -0.2) is 4.98 Å². The van der Waals surface area contributed by atoms with E-state index in [1.807, 2.05) is 17.8 Å². The van der Waals surface area contributed by atoms with E-state index in [9.17, 15) is 5.26 Å². The Balaban J connectivity index is 2.03. The van der Waals surface area contributed by atoms with Gasteiger partial charge in [-0.1, -0.05) is 0 Å². The largest absolute Gasteiger partial charge is 0.337 e. The van der Waals surface area contributed by atoms with Crippen LogP contribution in [0.5, 0.6) is 0 Å². The summed E-state index contributed by atoms with van der Waals surface area (Å²) in [5, 5.41) is 9.20. The highest BCUT2D eigenvalue weighted by atomic mass is 16.6. The zero-order valence-electron chi connectivity index (χ0n) is 10.8. The van der Waals surface area contributed by atoms with Gasteiger partial charge >= 0.3 is 0 Å². The zero-order chi connectivity index (χ0) is 13.0. The fourth-order valence-corrected chi connectivity index (χ4v) is 2.36. The van der Waals surface area contributed by atoms with Crippen LogP contribution in [0.4, 0.5) is 0 Å². The molecular weight excluding hydrogens is 230 g/mol. The first kappa shape index (κ1) is 13.0. The van der Waals surface area contributed by atoms with E-state index in [2.05, 4.69) is 21.4 Å². The quantitative estimate of drug-likeness (QED) is 0.784. The molecule has 1 aromatic rings. The van der Waals surface area contributed by atoms with E-state index in [1.54, 1.807) is 13.3 Å². The highest BCUT2D eigenvalue weighted by Gasteiger charge is 2.28. The topological polar surface area (TPSA) is 66.1 Å². The maximum absolute atomic E-state index is 9.20. The first-order chi connectivity index (χ1) is 8.74. The second kappa shape index (κ2) is 5.96. The van der Waals surface area contributed by atoms with Crippen molar-refractivity contribution in [3.63, 3.8) is 0 Å². The van der Waals surface area contributed by atoms with E-state index < -0.39 is 0 Å². The number of hydrogen-bond donors (Lipinski definition) is 1. The Morgan fingerprint density at radius 1 is 1.61 bits per heavy atom. The number of imidazole rings is 1. The zero-order valence-corrected chi connectivity index (χ0v) is 10.8. The molecule has 0 bridgehead atoms. The normalized spacial score (nSPS) is 24.9. The Morgan fingerprint density at radius 2 is 2.44 bits per heavy atom. The number of likely N-dealkylation sites (tertiary alicyclic amines) is 1. The third-order valence-electron chi connectivity index (χ3n) is 3.38. The summed E-state index contributed by atoms with van der Waals surface area (Å²) in [7, 11) is 3.60. The molecule has 1 N–H and O–H groups in total. The van der Waals surface area contributed by atoms with Gasteiger partial charge in [0.2, 0.25) is 0 Å². The molecule has 18 heavy (non-hydrogen) atoms. The Labute approximate surface area is 107 Å². The molecule has 0 spiro atoms. The van der Waals surface area contributed by atoms with Gasteiger partial charge in [0.15, 0.2) is 0 Å². The van der Waals surface area contributed by atoms with Gasteiger partial charge in [-0.3, -0.25) is 4.90 Å². The summed E-state index contributed by atoms with van der Waals surface area (Å²) in [6, 6.07) is 2.62. The highest BCUT2D eigenvalue weighted by Crippen LogP contribution is 2.19. The minimum Gasteiger partial charge on any atom is -0.337 e. The molecule has 2 atom stereocenters. The monoisotopic (exact) mass is 249 g/mol. The van der Waals surface area contributed by atoms with Crippen molar-refractivity contribution >= 4 is 0 Å². The number of aryl methyl sites for hydroxylation is 1. The van der Waals surface area contributed by atoms with Crippen LogP contribution in [0.15, 0.2) is 12.4 Å². The number of rotatable bonds is 4. The van der Waals surface area contributed by atoms with Gasteiger partial charge < -0.3 is 9.40 Å². The maximum atomic E-state index is 9.20. The van der Waals surface area contributed by atoms with Gasteiger partial charge in [-0.2, -0.15) is 10.7 Å². The maximum Gasteiger partial charge on any atom is 0.122 e. The summed E-state index contributed by atoms with van der Waals surface area (Å²) in [4.78, 5) is 11.4. The van der Waals surface area contributed by atoms with E-state index in [0.717, 1.165) is 25.2 Å². The van der Waals surface area contributed by atoms with Crippen LogP contribution in [-0.4, -0.2) is 40.2 Å². The Kier molecular flexibility index (Phi) is 4.31. The molecule has 0 aliphatic carbocycles. The summed E-state index contributed by atoms with van der Waals surface area (Å²) < 4.78 is 1.99. The van der Waals surface area contributed by atoms with Crippen LogP contribution < -0.4 is 5.48 Å². The van der Waals surface area contributed by atoms with Crippen molar-refractivity contribution in [3.05, 3.63) is 18.2 Å². The number of hydroxylamine groups is 1. The van der Waals surface area contributed by atoms with Crippen LogP contribution in [0, 0.1) is 11.3 Å². The molecule has 0 radical (unpaired) electrons. The molecule has 0 aromatic carbocycles. The van der Waals surface area contributed by atoms with Crippen LogP contribution in [0.1, 0.15) is 18.7 Å². The molecule has 1 aromatic heterocycles. The van der Waals surface area contributed by atoms with Crippen molar-refractivity contribution in [2.24, 2.45) is 7.05 Å². The van der Waals surface area contributed by atoms with E-state index in [1.165, 1.54) is 0 Å². The van der Waals surface area contributed by atoms with Gasteiger partial charge in [0.25, 0.3) is 0 Å². The molecule has 1 saturated heterocycles. The summed E-state index contributed by atoms with van der Waals surface area (Å²) in [5.41, 5.74) is 2.98. The number of nitrogens with zero attached hydrogens (tertiary/aromatic N) is 4. The average Bonchev–Trinajstić information content (AvgIpc) is 2.76. The van der Waals surface area contributed by atoms with E-state index in [0.29, 0.717) is 6.54 Å². The molecule has 2 heterocycles. The smallest absolute Gasteiger partial charge is 0.122 e. The molecule has 98 valence electrons. The lowest BCUT2D eigenvalue weighted by molar-refractivity contribution is 0.0207. The minimum atomic E-state index is -0.0309. The second-order valence-electron chi connectivity index (χ2n) is 4.62. The highest BCUT2D eigenvalue weighted by molar-refractivity contribution is 5.00. The molecule has 0 amide bonds. The fourth-order valence-electron chi connectivity index (χ4n) is 2.36. The Hall–Kier alpha value is -1.42. The summed E-state index contributed by atoms with van der Waals surface area (Å²) in [6.45, 7) is 1.50. The van der Waals surface area contributed by atoms with Crippen molar-refractivity contribution in [3.8, 4) is 6.07 Å². The predicted molar refractivity (Wildman–Crippen MR) is 66.2 cm³/mol.